The molecule has 70 valence electrons. The lowest BCUT2D eigenvalue weighted by atomic mass is 9.82. The van der Waals surface area contributed by atoms with Crippen molar-refractivity contribution in [2.75, 3.05) is 0 Å². The fourth-order valence-electron chi connectivity index (χ4n) is 4.37. The lowest BCUT2D eigenvalue weighted by molar-refractivity contribution is 0.310. The number of halogens is 2. The summed E-state index contributed by atoms with van der Waals surface area (Å²) in [7, 11) is 0. The van der Waals surface area contributed by atoms with E-state index in [0.29, 0.717) is 11.8 Å². The lowest BCUT2D eigenvalue weighted by Gasteiger charge is -2.25. The highest BCUT2D eigenvalue weighted by Crippen LogP contribution is 2.76. The Hall–Kier alpha value is 0.320. The van der Waals surface area contributed by atoms with Crippen LogP contribution in [0.1, 0.15) is 12.8 Å². The molecule has 0 saturated heterocycles. The highest BCUT2D eigenvalue weighted by Gasteiger charge is 2.74. The second kappa shape index (κ2) is 1.97. The largest absolute Gasteiger partial charge is 0.125 e. The van der Waals surface area contributed by atoms with Crippen molar-refractivity contribution in [3.63, 3.8) is 0 Å². The van der Waals surface area contributed by atoms with E-state index in [4.69, 9.17) is 23.2 Å². The van der Waals surface area contributed by atoms with E-state index < -0.39 is 0 Å². The predicted molar refractivity (Wildman–Crippen MR) is 53.8 cm³/mol. The Morgan fingerprint density at radius 2 is 1.85 bits per heavy atom. The smallest absolute Gasteiger partial charge is 0.101 e. The van der Waals surface area contributed by atoms with Crippen LogP contribution in [0, 0.1) is 35.5 Å². The van der Waals surface area contributed by atoms with Gasteiger partial charge in [0.2, 0.25) is 0 Å². The van der Waals surface area contributed by atoms with Crippen molar-refractivity contribution in [2.24, 2.45) is 35.5 Å². The third-order valence-electron chi connectivity index (χ3n) is 4.89. The first-order chi connectivity index (χ1) is 6.19. The van der Waals surface area contributed by atoms with Crippen molar-refractivity contribution in [3.05, 3.63) is 12.2 Å². The zero-order valence-corrected chi connectivity index (χ0v) is 8.80. The molecule has 0 aromatic heterocycles. The van der Waals surface area contributed by atoms with Gasteiger partial charge in [0, 0.05) is 5.92 Å². The van der Waals surface area contributed by atoms with Crippen LogP contribution in [-0.4, -0.2) is 4.33 Å². The van der Waals surface area contributed by atoms with Crippen molar-refractivity contribution in [1.82, 2.24) is 0 Å². The fraction of sp³-hybridized carbons (Fsp3) is 0.818. The third-order valence-corrected chi connectivity index (χ3v) is 5.96. The number of hydrogen-bond acceptors (Lipinski definition) is 0. The van der Waals surface area contributed by atoms with Gasteiger partial charge in [0.1, 0.15) is 4.33 Å². The molecule has 0 nitrogen and oxygen atoms in total. The minimum atomic E-state index is -0.334. The summed E-state index contributed by atoms with van der Waals surface area (Å²) >= 11 is 12.5. The van der Waals surface area contributed by atoms with Crippen molar-refractivity contribution in [3.8, 4) is 0 Å². The first-order valence-corrected chi connectivity index (χ1v) is 6.01. The Morgan fingerprint density at radius 1 is 1.08 bits per heavy atom. The molecule has 0 radical (unpaired) electrons. The Balaban J connectivity index is 1.74. The van der Waals surface area contributed by atoms with E-state index in [1.54, 1.807) is 0 Å². The number of fused-ring (bicyclic) bond motifs is 7. The van der Waals surface area contributed by atoms with Gasteiger partial charge in [0.15, 0.2) is 0 Å². The van der Waals surface area contributed by atoms with E-state index >= 15 is 0 Å². The fourth-order valence-corrected chi connectivity index (χ4v) is 5.28. The molecule has 4 rings (SSSR count). The molecule has 2 heteroatoms. The Kier molecular flexibility index (Phi) is 1.15. The van der Waals surface area contributed by atoms with E-state index in [1.807, 2.05) is 0 Å². The number of alkyl halides is 2. The van der Waals surface area contributed by atoms with Crippen LogP contribution in [0.4, 0.5) is 0 Å². The zero-order chi connectivity index (χ0) is 8.79. The Morgan fingerprint density at radius 3 is 2.69 bits per heavy atom. The number of allylic oxidation sites excluding steroid dienone is 2. The highest BCUT2D eigenvalue weighted by molar-refractivity contribution is 6.51. The van der Waals surface area contributed by atoms with Gasteiger partial charge in [-0.2, -0.15) is 0 Å². The number of rotatable bonds is 0. The van der Waals surface area contributed by atoms with Gasteiger partial charge in [-0.15, -0.1) is 23.2 Å². The molecule has 0 spiro atoms. The molecule has 3 fully saturated rings. The predicted octanol–water partition coefficient (Wildman–Crippen LogP) is 3.25. The van der Waals surface area contributed by atoms with Gasteiger partial charge >= 0.3 is 0 Å². The summed E-state index contributed by atoms with van der Waals surface area (Å²) in [6.45, 7) is 0. The standard InChI is InChI=1S/C11H12Cl2/c12-11(13)8-4-7-5-1-2-6(3-5)9(7)10(8)11/h1-2,5-10H,3-4H2/t5-,6-,7+,8+,9-,10+/m0/s1. The summed E-state index contributed by atoms with van der Waals surface area (Å²) in [4.78, 5) is 0. The summed E-state index contributed by atoms with van der Waals surface area (Å²) in [6, 6.07) is 0. The highest BCUT2D eigenvalue weighted by atomic mass is 35.5. The van der Waals surface area contributed by atoms with Crippen molar-refractivity contribution in [1.29, 1.82) is 0 Å². The van der Waals surface area contributed by atoms with E-state index in [2.05, 4.69) is 12.2 Å². The second-order valence-electron chi connectivity index (χ2n) is 5.23. The second-order valence-corrected chi connectivity index (χ2v) is 6.68. The molecule has 2 bridgehead atoms. The molecule has 0 aliphatic heterocycles. The lowest BCUT2D eigenvalue weighted by Crippen LogP contribution is -2.21. The van der Waals surface area contributed by atoms with Crippen molar-refractivity contribution < 1.29 is 0 Å². The molecule has 0 aromatic rings. The third kappa shape index (κ3) is 0.699. The normalized spacial score (nSPS) is 63.8. The monoisotopic (exact) mass is 214 g/mol. The first-order valence-electron chi connectivity index (χ1n) is 5.25. The SMILES string of the molecule is ClC1(Cl)[C@H]2[C@@H]3[C@H](C[C@H]21)[C@H]1C=C[C@H]3C1. The summed E-state index contributed by atoms with van der Waals surface area (Å²) in [5.41, 5.74) is 0. The van der Waals surface area contributed by atoms with E-state index in [0.717, 1.165) is 23.7 Å². The molecule has 13 heavy (non-hydrogen) atoms. The summed E-state index contributed by atoms with van der Waals surface area (Å²) in [5.74, 6) is 4.76. The molecule has 4 aliphatic carbocycles. The molecule has 0 N–H and O–H groups in total. The van der Waals surface area contributed by atoms with Gasteiger partial charge in [-0.05, 0) is 42.4 Å². The van der Waals surface area contributed by atoms with E-state index in [9.17, 15) is 0 Å². The molecular formula is C11H12Cl2. The van der Waals surface area contributed by atoms with Gasteiger partial charge in [-0.25, -0.2) is 0 Å². The molecule has 0 heterocycles. The van der Waals surface area contributed by atoms with E-state index in [-0.39, 0.29) is 4.33 Å². The number of hydrogen-bond donors (Lipinski definition) is 0. The van der Waals surface area contributed by atoms with Crippen molar-refractivity contribution >= 4 is 23.2 Å². The molecule has 0 unspecified atom stereocenters. The van der Waals surface area contributed by atoms with Crippen LogP contribution in [0.3, 0.4) is 0 Å². The van der Waals surface area contributed by atoms with Crippen LogP contribution in [0.5, 0.6) is 0 Å². The minimum Gasteiger partial charge on any atom is -0.101 e. The van der Waals surface area contributed by atoms with Gasteiger partial charge < -0.3 is 0 Å². The average Bonchev–Trinajstić information content (AvgIpc) is 2.58. The van der Waals surface area contributed by atoms with E-state index in [1.165, 1.54) is 12.8 Å². The maximum Gasteiger partial charge on any atom is 0.125 e. The van der Waals surface area contributed by atoms with Crippen molar-refractivity contribution in [2.45, 2.75) is 17.2 Å². The Labute approximate surface area is 88.3 Å². The van der Waals surface area contributed by atoms with Crippen LogP contribution in [0.15, 0.2) is 12.2 Å². The molecular weight excluding hydrogens is 203 g/mol. The van der Waals surface area contributed by atoms with Crippen LogP contribution in [0.2, 0.25) is 0 Å². The summed E-state index contributed by atoms with van der Waals surface area (Å²) < 4.78 is -0.334. The maximum atomic E-state index is 6.25. The summed E-state index contributed by atoms with van der Waals surface area (Å²) in [6.07, 6.45) is 7.54. The molecule has 4 aliphatic rings. The average molecular weight is 215 g/mol. The molecule has 3 saturated carbocycles. The van der Waals surface area contributed by atoms with Gasteiger partial charge in [-0.3, -0.25) is 0 Å². The topological polar surface area (TPSA) is 0 Å². The molecule has 0 aromatic carbocycles. The quantitative estimate of drug-likeness (QED) is 0.429. The minimum absolute atomic E-state index is 0.334. The molecule has 6 atom stereocenters. The van der Waals surface area contributed by atoms with Gasteiger partial charge in [-0.1, -0.05) is 12.2 Å². The van der Waals surface area contributed by atoms with Crippen LogP contribution < -0.4 is 0 Å². The summed E-state index contributed by atoms with van der Waals surface area (Å²) in [5, 5.41) is 0. The maximum absolute atomic E-state index is 6.25. The first kappa shape index (κ1) is 7.59. The Bertz CT molecular complexity index is 307. The zero-order valence-electron chi connectivity index (χ0n) is 7.29. The van der Waals surface area contributed by atoms with Crippen LogP contribution >= 0.6 is 23.2 Å². The van der Waals surface area contributed by atoms with Gasteiger partial charge in [0.05, 0.1) is 0 Å². The van der Waals surface area contributed by atoms with Crippen LogP contribution in [0.25, 0.3) is 0 Å². The van der Waals surface area contributed by atoms with Crippen LogP contribution in [-0.2, 0) is 0 Å². The molecule has 0 amide bonds. The van der Waals surface area contributed by atoms with Gasteiger partial charge in [0.25, 0.3) is 0 Å².